The van der Waals surface area contributed by atoms with Gasteiger partial charge in [-0.1, -0.05) is 102 Å². The summed E-state index contributed by atoms with van der Waals surface area (Å²) >= 11 is 12.9. The Morgan fingerprint density at radius 2 is 1.22 bits per heavy atom. The molecule has 3 nitrogen and oxygen atoms in total. The van der Waals surface area contributed by atoms with Crippen LogP contribution in [0.5, 0.6) is 0 Å². The van der Waals surface area contributed by atoms with Gasteiger partial charge in [-0.3, -0.25) is 9.59 Å². The molecule has 0 atom stereocenters. The number of benzene rings is 4. The van der Waals surface area contributed by atoms with E-state index in [0.717, 1.165) is 27.1 Å². The van der Waals surface area contributed by atoms with Crippen molar-refractivity contribution in [2.45, 2.75) is 6.42 Å². The van der Waals surface area contributed by atoms with Gasteiger partial charge in [-0.15, -0.1) is 0 Å². The van der Waals surface area contributed by atoms with Crippen molar-refractivity contribution in [2.24, 2.45) is 0 Å². The van der Waals surface area contributed by atoms with Crippen molar-refractivity contribution in [3.8, 4) is 0 Å². The molecule has 1 N–H and O–H groups in total. The first-order valence-corrected chi connectivity index (χ1v) is 10.9. The fraction of sp³-hybridized carbons (Fsp3) is 0.0370. The number of anilines is 1. The van der Waals surface area contributed by atoms with Gasteiger partial charge in [0.1, 0.15) is 10.7 Å². The molecule has 1 aliphatic carbocycles. The minimum absolute atomic E-state index is 0.000288. The van der Waals surface area contributed by atoms with Gasteiger partial charge in [0.15, 0.2) is 0 Å². The molecule has 4 aromatic rings. The summed E-state index contributed by atoms with van der Waals surface area (Å²) in [6.07, 6.45) is 0.225. The van der Waals surface area contributed by atoms with Crippen molar-refractivity contribution < 1.29 is 9.59 Å². The van der Waals surface area contributed by atoms with Crippen LogP contribution in [0, 0.1) is 0 Å². The van der Waals surface area contributed by atoms with Gasteiger partial charge in [0.25, 0.3) is 0 Å². The molecular weight excluding hydrogens is 441 g/mol. The molecule has 0 saturated heterocycles. The maximum absolute atomic E-state index is 13.2. The van der Waals surface area contributed by atoms with Crippen LogP contribution in [0.2, 0.25) is 0 Å². The highest BCUT2D eigenvalue weighted by Gasteiger charge is 2.33. The average molecular weight is 458 g/mol. The van der Waals surface area contributed by atoms with Gasteiger partial charge < -0.3 is 5.32 Å². The third-order valence-corrected chi connectivity index (χ3v) is 6.44. The standard InChI is InChI=1S/C27H17Cl2NO2/c28-23-21(15-18-11-5-9-16-7-1-3-12-19(16)18)26(31)24(29)25(27(23)32)30-22-14-6-10-17-8-2-4-13-20(17)22/h1-14,30H,15H2. The maximum Gasteiger partial charge on any atom is 0.222 e. The second-order valence-electron chi connectivity index (χ2n) is 7.61. The van der Waals surface area contributed by atoms with E-state index in [1.165, 1.54) is 0 Å². The van der Waals surface area contributed by atoms with Crippen LogP contribution in [-0.2, 0) is 16.0 Å². The Balaban J connectivity index is 1.51. The zero-order valence-corrected chi connectivity index (χ0v) is 18.4. The number of carbonyl (C=O) groups is 2. The number of hydrogen-bond acceptors (Lipinski definition) is 3. The number of carbonyl (C=O) groups excluding carboxylic acids is 2. The van der Waals surface area contributed by atoms with Gasteiger partial charge in [0.2, 0.25) is 11.6 Å². The summed E-state index contributed by atoms with van der Waals surface area (Å²) in [5.41, 5.74) is 1.80. The molecule has 0 unspecified atom stereocenters. The van der Waals surface area contributed by atoms with E-state index in [2.05, 4.69) is 5.32 Å². The van der Waals surface area contributed by atoms with Crippen LogP contribution in [0.25, 0.3) is 21.5 Å². The smallest absolute Gasteiger partial charge is 0.222 e. The normalized spacial score (nSPS) is 14.6. The third-order valence-electron chi connectivity index (χ3n) is 5.68. The third kappa shape index (κ3) is 3.50. The lowest BCUT2D eigenvalue weighted by atomic mass is 9.92. The van der Waals surface area contributed by atoms with Crippen molar-refractivity contribution in [3.63, 3.8) is 0 Å². The van der Waals surface area contributed by atoms with Gasteiger partial charge >= 0.3 is 0 Å². The van der Waals surface area contributed by atoms with Crippen molar-refractivity contribution in [2.75, 3.05) is 5.32 Å². The van der Waals surface area contributed by atoms with Crippen molar-refractivity contribution in [3.05, 3.63) is 112 Å². The largest absolute Gasteiger partial charge is 0.350 e. The number of halogens is 2. The molecule has 4 aromatic carbocycles. The first kappa shape index (κ1) is 20.5. The Bertz CT molecular complexity index is 1360. The molecule has 0 aliphatic heterocycles. The zero-order valence-electron chi connectivity index (χ0n) is 16.9. The number of ketones is 2. The summed E-state index contributed by atoms with van der Waals surface area (Å²) < 4.78 is 0. The molecule has 0 saturated carbocycles. The number of fused-ring (bicyclic) bond motifs is 2. The number of Topliss-reactive ketones (excluding diaryl/α,β-unsaturated/α-hetero) is 2. The van der Waals surface area contributed by atoms with Gasteiger partial charge in [-0.2, -0.15) is 0 Å². The van der Waals surface area contributed by atoms with Crippen LogP contribution in [0.3, 0.4) is 0 Å². The van der Waals surface area contributed by atoms with Gasteiger partial charge in [0.05, 0.1) is 5.03 Å². The summed E-state index contributed by atoms with van der Waals surface area (Å²) in [5, 5.41) is 6.78. The Kier molecular flexibility index (Phi) is 5.30. The van der Waals surface area contributed by atoms with Crippen LogP contribution in [0.1, 0.15) is 5.56 Å². The summed E-state index contributed by atoms with van der Waals surface area (Å²) in [6, 6.07) is 27.2. The summed E-state index contributed by atoms with van der Waals surface area (Å²) in [4.78, 5) is 26.3. The Morgan fingerprint density at radius 1 is 0.625 bits per heavy atom. The van der Waals surface area contributed by atoms with E-state index in [4.69, 9.17) is 23.2 Å². The lowest BCUT2D eigenvalue weighted by Crippen LogP contribution is -2.25. The fourth-order valence-corrected chi connectivity index (χ4v) is 4.56. The van der Waals surface area contributed by atoms with Crippen LogP contribution in [-0.4, -0.2) is 11.6 Å². The second-order valence-corrected chi connectivity index (χ2v) is 8.36. The minimum atomic E-state index is -0.487. The topological polar surface area (TPSA) is 46.2 Å². The molecule has 0 spiro atoms. The molecular formula is C27H17Cl2NO2. The van der Waals surface area contributed by atoms with Gasteiger partial charge in [-0.05, 0) is 27.8 Å². The first-order valence-electron chi connectivity index (χ1n) is 10.1. The SMILES string of the molecule is O=C1C(Cl)=C(Nc2cccc3ccccc23)C(=O)C(Cl)=C1Cc1cccc2ccccc12. The highest BCUT2D eigenvalue weighted by molar-refractivity contribution is 6.56. The predicted octanol–water partition coefficient (Wildman–Crippen LogP) is 6.74. The number of allylic oxidation sites excluding steroid dienone is 3. The molecule has 1 aliphatic rings. The number of hydrogen-bond donors (Lipinski definition) is 1. The van der Waals surface area contributed by atoms with Crippen molar-refractivity contribution >= 4 is 62.0 Å². The molecule has 5 heteroatoms. The van der Waals surface area contributed by atoms with Gasteiger partial charge in [-0.25, -0.2) is 0 Å². The Labute approximate surface area is 195 Å². The van der Waals surface area contributed by atoms with Crippen LogP contribution in [0.15, 0.2) is 106 Å². The molecule has 0 amide bonds. The predicted molar refractivity (Wildman–Crippen MR) is 131 cm³/mol. The van der Waals surface area contributed by atoms with E-state index in [0.29, 0.717) is 5.69 Å². The highest BCUT2D eigenvalue weighted by atomic mass is 35.5. The summed E-state index contributed by atoms with van der Waals surface area (Å²) in [7, 11) is 0. The van der Waals surface area contributed by atoms with E-state index >= 15 is 0 Å². The summed E-state index contributed by atoms with van der Waals surface area (Å²) in [6.45, 7) is 0. The molecule has 0 radical (unpaired) electrons. The van der Waals surface area contributed by atoms with Crippen molar-refractivity contribution in [1.82, 2.24) is 0 Å². The maximum atomic E-state index is 13.2. The van der Waals surface area contributed by atoms with Crippen LogP contribution in [0.4, 0.5) is 5.69 Å². The molecule has 156 valence electrons. The highest BCUT2D eigenvalue weighted by Crippen LogP contribution is 2.34. The molecule has 0 fully saturated rings. The molecule has 5 rings (SSSR count). The van der Waals surface area contributed by atoms with E-state index in [-0.39, 0.29) is 27.8 Å². The Morgan fingerprint density at radius 3 is 1.97 bits per heavy atom. The Hall–Kier alpha value is -3.40. The quantitative estimate of drug-likeness (QED) is 0.345. The number of rotatable bonds is 4. The monoisotopic (exact) mass is 457 g/mol. The molecule has 32 heavy (non-hydrogen) atoms. The minimum Gasteiger partial charge on any atom is -0.350 e. The lowest BCUT2D eigenvalue weighted by Gasteiger charge is -2.20. The van der Waals surface area contributed by atoms with E-state index in [1.54, 1.807) is 0 Å². The van der Waals surface area contributed by atoms with Gasteiger partial charge in [0, 0.05) is 23.1 Å². The molecule has 0 aromatic heterocycles. The van der Waals surface area contributed by atoms with Crippen LogP contribution < -0.4 is 5.32 Å². The summed E-state index contributed by atoms with van der Waals surface area (Å²) in [5.74, 6) is -0.925. The fourth-order valence-electron chi connectivity index (χ4n) is 4.07. The second kappa shape index (κ2) is 8.27. The van der Waals surface area contributed by atoms with Crippen molar-refractivity contribution in [1.29, 1.82) is 0 Å². The number of nitrogens with one attached hydrogen (secondary N) is 1. The van der Waals surface area contributed by atoms with Crippen LogP contribution >= 0.6 is 23.2 Å². The van der Waals surface area contributed by atoms with E-state index in [1.807, 2.05) is 84.9 Å². The average Bonchev–Trinajstić information content (AvgIpc) is 2.83. The zero-order chi connectivity index (χ0) is 22.2. The van der Waals surface area contributed by atoms with E-state index in [9.17, 15) is 9.59 Å². The molecule has 0 bridgehead atoms. The first-order chi connectivity index (χ1) is 15.5. The van der Waals surface area contributed by atoms with E-state index < -0.39 is 11.6 Å². The lowest BCUT2D eigenvalue weighted by molar-refractivity contribution is -0.115. The molecule has 0 heterocycles.